The van der Waals surface area contributed by atoms with Gasteiger partial charge in [-0.1, -0.05) is 11.6 Å². The van der Waals surface area contributed by atoms with Crippen LogP contribution in [0.4, 0.5) is 15.8 Å². The number of benzene rings is 2. The molecule has 2 amide bonds. The van der Waals surface area contributed by atoms with Crippen LogP contribution < -0.4 is 9.62 Å². The number of anilines is 2. The van der Waals surface area contributed by atoms with Gasteiger partial charge in [-0.25, -0.2) is 17.1 Å². The smallest absolute Gasteiger partial charge is 0.257 e. The number of hydrogen-bond acceptors (Lipinski definition) is 4. The highest BCUT2D eigenvalue weighted by atomic mass is 35.5. The van der Waals surface area contributed by atoms with Crippen molar-refractivity contribution in [3.05, 3.63) is 58.9 Å². The van der Waals surface area contributed by atoms with Crippen LogP contribution in [0, 0.1) is 5.82 Å². The van der Waals surface area contributed by atoms with E-state index < -0.39 is 27.7 Å². The average molecular weight is 383 g/mol. The Morgan fingerprint density at radius 1 is 1.16 bits per heavy atom. The van der Waals surface area contributed by atoms with E-state index in [-0.39, 0.29) is 28.4 Å². The predicted molar refractivity (Wildman–Crippen MR) is 91.7 cm³/mol. The first-order valence-corrected chi connectivity index (χ1v) is 9.19. The summed E-state index contributed by atoms with van der Waals surface area (Å²) in [4.78, 5) is 24.2. The van der Waals surface area contributed by atoms with Crippen molar-refractivity contribution in [1.29, 1.82) is 0 Å². The molecule has 6 nitrogen and oxygen atoms in total. The van der Waals surface area contributed by atoms with Gasteiger partial charge in [0.1, 0.15) is 5.82 Å². The molecule has 1 fully saturated rings. The van der Waals surface area contributed by atoms with Crippen LogP contribution in [0.25, 0.3) is 0 Å². The lowest BCUT2D eigenvalue weighted by atomic mass is 10.1. The predicted octanol–water partition coefficient (Wildman–Crippen LogP) is 2.80. The third-order valence-electron chi connectivity index (χ3n) is 3.61. The number of hydrogen-bond donors (Lipinski definition) is 1. The number of carbonyl (C=O) groups is 2. The molecule has 0 spiro atoms. The van der Waals surface area contributed by atoms with Crippen molar-refractivity contribution >= 4 is 44.8 Å². The molecule has 9 heteroatoms. The Morgan fingerprint density at radius 3 is 2.44 bits per heavy atom. The van der Waals surface area contributed by atoms with E-state index in [0.29, 0.717) is 9.99 Å². The number of halogens is 2. The summed E-state index contributed by atoms with van der Waals surface area (Å²) < 4.78 is 37.6. The summed E-state index contributed by atoms with van der Waals surface area (Å²) in [6.45, 7) is 0. The van der Waals surface area contributed by atoms with Gasteiger partial charge in [0.25, 0.3) is 5.91 Å². The normalized spacial score (nSPS) is 16.1. The van der Waals surface area contributed by atoms with Crippen LogP contribution in [-0.2, 0) is 14.8 Å². The fourth-order valence-corrected chi connectivity index (χ4v) is 4.07. The first-order chi connectivity index (χ1) is 11.8. The minimum absolute atomic E-state index is 0.00149. The maximum atomic E-state index is 12.9. The van der Waals surface area contributed by atoms with Crippen molar-refractivity contribution in [2.45, 2.75) is 6.42 Å². The minimum Gasteiger partial charge on any atom is -0.322 e. The SMILES string of the molecule is O=C(Nc1ccc(F)cc1)c1cc(N2C(=O)CCS2(=O)=O)ccc1Cl. The van der Waals surface area contributed by atoms with Gasteiger partial charge in [-0.05, 0) is 42.5 Å². The molecule has 1 heterocycles. The number of amides is 2. The Hall–Kier alpha value is -2.45. The van der Waals surface area contributed by atoms with Crippen LogP contribution in [0.1, 0.15) is 16.8 Å². The summed E-state index contributed by atoms with van der Waals surface area (Å²) in [5.74, 6) is -1.89. The van der Waals surface area contributed by atoms with E-state index in [1.807, 2.05) is 0 Å². The standard InChI is InChI=1S/C16H12ClFN2O4S/c17-14-6-5-12(20-15(21)7-8-25(20,23)24)9-13(14)16(22)19-11-3-1-10(18)2-4-11/h1-6,9H,7-8H2,(H,19,22). The quantitative estimate of drug-likeness (QED) is 0.884. The van der Waals surface area contributed by atoms with Crippen molar-refractivity contribution < 1.29 is 22.4 Å². The Bertz CT molecular complexity index is 961. The highest BCUT2D eigenvalue weighted by molar-refractivity contribution is 7.94. The molecule has 1 saturated heterocycles. The Balaban J connectivity index is 1.93. The lowest BCUT2D eigenvalue weighted by Gasteiger charge is -2.16. The molecule has 0 atom stereocenters. The second kappa shape index (κ2) is 6.45. The summed E-state index contributed by atoms with van der Waals surface area (Å²) in [6.07, 6.45) is -0.109. The van der Waals surface area contributed by atoms with E-state index >= 15 is 0 Å². The van der Waals surface area contributed by atoms with Crippen LogP contribution in [-0.4, -0.2) is 26.0 Å². The number of nitrogens with zero attached hydrogens (tertiary/aromatic N) is 1. The summed E-state index contributed by atoms with van der Waals surface area (Å²) in [5, 5.41) is 2.62. The van der Waals surface area contributed by atoms with Gasteiger partial charge in [-0.2, -0.15) is 0 Å². The zero-order valence-electron chi connectivity index (χ0n) is 12.7. The van der Waals surface area contributed by atoms with Crippen molar-refractivity contribution in [1.82, 2.24) is 0 Å². The average Bonchev–Trinajstić information content (AvgIpc) is 2.83. The van der Waals surface area contributed by atoms with Gasteiger partial charge in [0.15, 0.2) is 0 Å². The molecule has 0 aromatic heterocycles. The molecular weight excluding hydrogens is 371 g/mol. The number of carbonyl (C=O) groups excluding carboxylic acids is 2. The molecular formula is C16H12ClFN2O4S. The van der Waals surface area contributed by atoms with Gasteiger partial charge in [0, 0.05) is 12.1 Å². The molecule has 25 heavy (non-hydrogen) atoms. The van der Waals surface area contributed by atoms with Crippen molar-refractivity contribution in [2.75, 3.05) is 15.4 Å². The minimum atomic E-state index is -3.74. The van der Waals surface area contributed by atoms with E-state index in [9.17, 15) is 22.4 Å². The molecule has 0 aliphatic carbocycles. The first-order valence-electron chi connectivity index (χ1n) is 7.20. The largest absolute Gasteiger partial charge is 0.322 e. The van der Waals surface area contributed by atoms with Crippen molar-refractivity contribution in [2.24, 2.45) is 0 Å². The summed E-state index contributed by atoms with van der Waals surface area (Å²) in [5.41, 5.74) is 0.396. The van der Waals surface area contributed by atoms with Gasteiger partial charge in [0.05, 0.1) is 22.0 Å². The molecule has 1 N–H and O–H groups in total. The highest BCUT2D eigenvalue weighted by Gasteiger charge is 2.36. The Morgan fingerprint density at radius 2 is 1.84 bits per heavy atom. The second-order valence-electron chi connectivity index (χ2n) is 5.35. The monoisotopic (exact) mass is 382 g/mol. The van der Waals surface area contributed by atoms with Crippen molar-refractivity contribution in [3.63, 3.8) is 0 Å². The molecule has 3 rings (SSSR count). The molecule has 2 aromatic rings. The van der Waals surface area contributed by atoms with Crippen LogP contribution in [0.3, 0.4) is 0 Å². The molecule has 2 aromatic carbocycles. The van der Waals surface area contributed by atoms with E-state index in [4.69, 9.17) is 11.6 Å². The zero-order chi connectivity index (χ0) is 18.2. The lowest BCUT2D eigenvalue weighted by molar-refractivity contribution is -0.116. The van der Waals surface area contributed by atoms with Gasteiger partial charge in [-0.3, -0.25) is 9.59 Å². The van der Waals surface area contributed by atoms with E-state index in [1.54, 1.807) is 0 Å². The zero-order valence-corrected chi connectivity index (χ0v) is 14.3. The van der Waals surface area contributed by atoms with E-state index in [0.717, 1.165) is 0 Å². The topological polar surface area (TPSA) is 83.6 Å². The maximum Gasteiger partial charge on any atom is 0.257 e. The van der Waals surface area contributed by atoms with E-state index in [2.05, 4.69) is 5.32 Å². The van der Waals surface area contributed by atoms with Crippen LogP contribution >= 0.6 is 11.6 Å². The molecule has 130 valence electrons. The fraction of sp³-hybridized carbons (Fsp3) is 0.125. The second-order valence-corrected chi connectivity index (χ2v) is 7.69. The lowest BCUT2D eigenvalue weighted by Crippen LogP contribution is -2.29. The Labute approximate surface area is 148 Å². The fourth-order valence-electron chi connectivity index (χ4n) is 2.41. The van der Waals surface area contributed by atoms with Gasteiger partial charge >= 0.3 is 0 Å². The third-order valence-corrected chi connectivity index (χ3v) is 5.63. The van der Waals surface area contributed by atoms with Gasteiger partial charge < -0.3 is 5.32 Å². The molecule has 1 aliphatic rings. The number of sulfonamides is 1. The van der Waals surface area contributed by atoms with Gasteiger partial charge in [-0.15, -0.1) is 0 Å². The number of nitrogens with one attached hydrogen (secondary N) is 1. The molecule has 1 aliphatic heterocycles. The molecule has 0 bridgehead atoms. The first kappa shape index (κ1) is 17.4. The van der Waals surface area contributed by atoms with Crippen LogP contribution in [0.5, 0.6) is 0 Å². The Kier molecular flexibility index (Phi) is 4.49. The molecule has 0 unspecified atom stereocenters. The molecule has 0 radical (unpaired) electrons. The summed E-state index contributed by atoms with van der Waals surface area (Å²) in [7, 11) is -3.74. The van der Waals surface area contributed by atoms with Gasteiger partial charge in [0.2, 0.25) is 15.9 Å². The summed E-state index contributed by atoms with van der Waals surface area (Å²) in [6, 6.07) is 9.06. The summed E-state index contributed by atoms with van der Waals surface area (Å²) >= 11 is 6.02. The maximum absolute atomic E-state index is 12.9. The van der Waals surface area contributed by atoms with Crippen molar-refractivity contribution in [3.8, 4) is 0 Å². The molecule has 0 saturated carbocycles. The van der Waals surface area contributed by atoms with Crippen LogP contribution in [0.15, 0.2) is 42.5 Å². The number of rotatable bonds is 3. The van der Waals surface area contributed by atoms with E-state index in [1.165, 1.54) is 42.5 Å². The third kappa shape index (κ3) is 3.49. The highest BCUT2D eigenvalue weighted by Crippen LogP contribution is 2.29. The van der Waals surface area contributed by atoms with Crippen LogP contribution in [0.2, 0.25) is 5.02 Å².